The van der Waals surface area contributed by atoms with Crippen LogP contribution in [0.15, 0.2) is 22.8 Å². The van der Waals surface area contributed by atoms with E-state index in [1.807, 2.05) is 4.90 Å². The quantitative estimate of drug-likeness (QED) is 0.868. The maximum Gasteiger partial charge on any atom is 0.288 e. The molecule has 1 aliphatic rings. The summed E-state index contributed by atoms with van der Waals surface area (Å²) < 4.78 is 3.45. The number of furan rings is 1. The summed E-state index contributed by atoms with van der Waals surface area (Å²) in [5, 5.41) is 2.73. The number of hydrogen-bond donors (Lipinski definition) is 1. The molecule has 0 radical (unpaired) electrons. The Kier molecular flexibility index (Phi) is 5.01. The van der Waals surface area contributed by atoms with Crippen LogP contribution >= 0.6 is 34.8 Å². The molecule has 2 rings (SSSR count). The highest BCUT2D eigenvalue weighted by molar-refractivity contribution is 6.68. The lowest BCUT2D eigenvalue weighted by molar-refractivity contribution is 0.0792. The molecule has 1 aromatic heterocycles. The second-order valence-corrected chi connectivity index (χ2v) is 6.86. The Morgan fingerprint density at radius 1 is 1.32 bits per heavy atom. The maximum atomic E-state index is 12.0. The first-order chi connectivity index (χ1) is 8.98. The zero-order valence-electron chi connectivity index (χ0n) is 10.2. The van der Waals surface area contributed by atoms with Gasteiger partial charge in [-0.3, -0.25) is 9.69 Å². The van der Waals surface area contributed by atoms with E-state index >= 15 is 0 Å². The van der Waals surface area contributed by atoms with E-state index in [0.717, 1.165) is 32.4 Å². The minimum atomic E-state index is -1.58. The molecule has 0 spiro atoms. The number of rotatable bonds is 3. The van der Waals surface area contributed by atoms with Gasteiger partial charge >= 0.3 is 0 Å². The fourth-order valence-electron chi connectivity index (χ4n) is 2.16. The van der Waals surface area contributed by atoms with Crippen molar-refractivity contribution in [3.63, 3.8) is 0 Å². The average Bonchev–Trinajstić information content (AvgIpc) is 2.89. The third kappa shape index (κ3) is 4.02. The molecule has 1 saturated heterocycles. The lowest BCUT2D eigenvalue weighted by atomic mass is 10.1. The van der Waals surface area contributed by atoms with Gasteiger partial charge in [0.05, 0.1) is 6.26 Å². The average molecular weight is 326 g/mol. The lowest BCUT2D eigenvalue weighted by Crippen LogP contribution is -2.56. The normalized spacial score (nSPS) is 19.1. The van der Waals surface area contributed by atoms with E-state index in [9.17, 15) is 4.79 Å². The monoisotopic (exact) mass is 324 g/mol. The first kappa shape index (κ1) is 15.0. The Hall–Kier alpha value is -0.420. The highest BCUT2D eigenvalue weighted by Crippen LogP contribution is 2.33. The van der Waals surface area contributed by atoms with E-state index in [2.05, 4.69) is 5.32 Å². The van der Waals surface area contributed by atoms with Gasteiger partial charge in [0.15, 0.2) is 5.76 Å². The van der Waals surface area contributed by atoms with Crippen LogP contribution in [0.5, 0.6) is 0 Å². The van der Waals surface area contributed by atoms with E-state index in [0.29, 0.717) is 0 Å². The molecule has 19 heavy (non-hydrogen) atoms. The number of hydrogen-bond acceptors (Lipinski definition) is 3. The molecule has 4 nitrogen and oxygen atoms in total. The molecule has 106 valence electrons. The third-order valence-corrected chi connectivity index (χ3v) is 3.70. The van der Waals surface area contributed by atoms with Gasteiger partial charge in [0, 0.05) is 13.1 Å². The van der Waals surface area contributed by atoms with Gasteiger partial charge in [-0.2, -0.15) is 0 Å². The molecule has 1 aliphatic heterocycles. The molecule has 1 amide bonds. The molecular formula is C12H15Cl3N2O2. The molecule has 7 heteroatoms. The van der Waals surface area contributed by atoms with Gasteiger partial charge in [-0.25, -0.2) is 0 Å². The van der Waals surface area contributed by atoms with Gasteiger partial charge in [0.2, 0.25) is 3.79 Å². The number of nitrogens with zero attached hydrogens (tertiary/aromatic N) is 1. The van der Waals surface area contributed by atoms with E-state index in [1.165, 1.54) is 6.26 Å². The van der Waals surface area contributed by atoms with Crippen molar-refractivity contribution in [3.05, 3.63) is 24.2 Å². The van der Waals surface area contributed by atoms with Crippen molar-refractivity contribution in [2.75, 3.05) is 13.1 Å². The molecule has 0 unspecified atom stereocenters. The number of nitrogens with one attached hydrogen (secondary N) is 1. The Balaban J connectivity index is 2.07. The van der Waals surface area contributed by atoms with Crippen molar-refractivity contribution in [2.45, 2.75) is 29.2 Å². The number of likely N-dealkylation sites (tertiary alicyclic amines) is 1. The van der Waals surface area contributed by atoms with Gasteiger partial charge in [-0.1, -0.05) is 41.2 Å². The van der Waals surface area contributed by atoms with Gasteiger partial charge in [-0.05, 0) is 25.0 Å². The molecule has 2 heterocycles. The van der Waals surface area contributed by atoms with Crippen molar-refractivity contribution in [1.29, 1.82) is 0 Å². The van der Waals surface area contributed by atoms with Crippen LogP contribution in [0.1, 0.15) is 29.8 Å². The highest BCUT2D eigenvalue weighted by atomic mass is 35.6. The first-order valence-electron chi connectivity index (χ1n) is 6.13. The topological polar surface area (TPSA) is 45.5 Å². The summed E-state index contributed by atoms with van der Waals surface area (Å²) in [4.78, 5) is 14.0. The zero-order chi connectivity index (χ0) is 13.9. The van der Waals surface area contributed by atoms with E-state index in [4.69, 9.17) is 39.2 Å². The first-order valence-corrected chi connectivity index (χ1v) is 7.27. The van der Waals surface area contributed by atoms with Crippen molar-refractivity contribution < 1.29 is 9.21 Å². The van der Waals surface area contributed by atoms with Crippen LogP contribution in [0.25, 0.3) is 0 Å². The predicted molar refractivity (Wildman–Crippen MR) is 75.7 cm³/mol. The fourth-order valence-corrected chi connectivity index (χ4v) is 2.74. The zero-order valence-corrected chi connectivity index (χ0v) is 12.5. The Morgan fingerprint density at radius 3 is 2.53 bits per heavy atom. The van der Waals surface area contributed by atoms with Crippen LogP contribution in [0, 0.1) is 0 Å². The highest BCUT2D eigenvalue weighted by Gasteiger charge is 2.39. The molecule has 0 aliphatic carbocycles. The molecular weight excluding hydrogens is 311 g/mol. The Bertz CT molecular complexity index is 411. The summed E-state index contributed by atoms with van der Waals surface area (Å²) in [6, 6.07) is 3.21. The lowest BCUT2D eigenvalue weighted by Gasteiger charge is -2.38. The summed E-state index contributed by atoms with van der Waals surface area (Å²) in [6.45, 7) is 1.61. The number of carbonyl (C=O) groups excluding carboxylic acids is 1. The number of alkyl halides is 3. The molecule has 0 aromatic carbocycles. The van der Waals surface area contributed by atoms with Gasteiger partial charge < -0.3 is 9.73 Å². The minimum Gasteiger partial charge on any atom is -0.459 e. The van der Waals surface area contributed by atoms with E-state index in [-0.39, 0.29) is 11.7 Å². The van der Waals surface area contributed by atoms with Gasteiger partial charge in [-0.15, -0.1) is 0 Å². The summed E-state index contributed by atoms with van der Waals surface area (Å²) >= 11 is 17.9. The summed E-state index contributed by atoms with van der Waals surface area (Å²) in [7, 11) is 0. The molecule has 1 N–H and O–H groups in total. The van der Waals surface area contributed by atoms with E-state index in [1.54, 1.807) is 12.1 Å². The Morgan fingerprint density at radius 2 is 2.00 bits per heavy atom. The second-order valence-electron chi connectivity index (χ2n) is 4.49. The predicted octanol–water partition coefficient (Wildman–Crippen LogP) is 3.19. The van der Waals surface area contributed by atoms with Crippen LogP contribution in [-0.2, 0) is 0 Å². The number of halogens is 3. The van der Waals surface area contributed by atoms with Crippen molar-refractivity contribution in [2.24, 2.45) is 0 Å². The largest absolute Gasteiger partial charge is 0.459 e. The minimum absolute atomic E-state index is 0.205. The molecule has 0 bridgehead atoms. The number of carbonyl (C=O) groups is 1. The maximum absolute atomic E-state index is 12.0. The fraction of sp³-hybridized carbons (Fsp3) is 0.583. The molecule has 1 aromatic rings. The van der Waals surface area contributed by atoms with Crippen LogP contribution in [-0.4, -0.2) is 33.9 Å². The number of piperidine rings is 1. The van der Waals surface area contributed by atoms with Crippen LogP contribution in [0.2, 0.25) is 0 Å². The second kappa shape index (κ2) is 6.35. The van der Waals surface area contributed by atoms with Crippen LogP contribution in [0.4, 0.5) is 0 Å². The molecule has 1 atom stereocenters. The summed E-state index contributed by atoms with van der Waals surface area (Å²) in [6.07, 6.45) is 4.01. The molecule has 0 saturated carbocycles. The summed E-state index contributed by atoms with van der Waals surface area (Å²) in [5.74, 6) is -0.178. The number of amides is 1. The third-order valence-electron chi connectivity index (χ3n) is 3.08. The van der Waals surface area contributed by atoms with Gasteiger partial charge in [0.1, 0.15) is 6.17 Å². The van der Waals surface area contributed by atoms with Gasteiger partial charge in [0.25, 0.3) is 5.91 Å². The van der Waals surface area contributed by atoms with Crippen LogP contribution < -0.4 is 5.32 Å². The van der Waals surface area contributed by atoms with E-state index < -0.39 is 9.96 Å². The summed E-state index contributed by atoms with van der Waals surface area (Å²) in [5.41, 5.74) is 0. The van der Waals surface area contributed by atoms with Crippen molar-refractivity contribution in [3.8, 4) is 0 Å². The van der Waals surface area contributed by atoms with Crippen LogP contribution in [0.3, 0.4) is 0 Å². The standard InChI is InChI=1S/C12H15Cl3N2O2/c13-12(14,15)11(17-6-2-1-3-7-17)16-10(18)9-5-4-8-19-9/h4-5,8,11H,1-3,6-7H2,(H,16,18)/t11-/m1/s1. The Labute approximate surface area is 127 Å². The molecule has 1 fully saturated rings. The van der Waals surface area contributed by atoms with Crippen molar-refractivity contribution in [1.82, 2.24) is 10.2 Å². The smallest absolute Gasteiger partial charge is 0.288 e. The van der Waals surface area contributed by atoms with Crippen molar-refractivity contribution >= 4 is 40.7 Å². The SMILES string of the molecule is O=C(N[C@H](N1CCCCC1)C(Cl)(Cl)Cl)c1ccco1.